The normalized spacial score (nSPS) is 14.9. The van der Waals surface area contributed by atoms with Gasteiger partial charge in [0.25, 0.3) is 0 Å². The summed E-state index contributed by atoms with van der Waals surface area (Å²) in [6.45, 7) is 3.51. The van der Waals surface area contributed by atoms with E-state index in [1.165, 1.54) is 0 Å². The minimum absolute atomic E-state index is 0.0109. The van der Waals surface area contributed by atoms with Crippen molar-refractivity contribution in [1.29, 1.82) is 0 Å². The standard InChI is InChI=1S/C11H14FN/c1-2-8-11(12,9-13)10-6-4-3-5-7-10/h2-7H,1,8-9,13H2. The van der Waals surface area contributed by atoms with E-state index in [4.69, 9.17) is 5.73 Å². The smallest absolute Gasteiger partial charge is 0.151 e. The van der Waals surface area contributed by atoms with Crippen molar-refractivity contribution in [3.05, 3.63) is 48.6 Å². The summed E-state index contributed by atoms with van der Waals surface area (Å²) in [6, 6.07) is 8.96. The van der Waals surface area contributed by atoms with Gasteiger partial charge in [-0.3, -0.25) is 0 Å². The highest BCUT2D eigenvalue weighted by molar-refractivity contribution is 5.23. The van der Waals surface area contributed by atoms with Crippen molar-refractivity contribution in [1.82, 2.24) is 0 Å². The van der Waals surface area contributed by atoms with E-state index in [1.54, 1.807) is 18.2 Å². The molecule has 1 unspecified atom stereocenters. The molecule has 0 radical (unpaired) electrons. The quantitative estimate of drug-likeness (QED) is 0.705. The maximum atomic E-state index is 14.1. The molecule has 1 aromatic rings. The first kappa shape index (κ1) is 9.93. The van der Waals surface area contributed by atoms with Crippen molar-refractivity contribution < 1.29 is 4.39 Å². The molecule has 0 saturated heterocycles. The second-order valence-corrected chi connectivity index (χ2v) is 3.03. The van der Waals surface area contributed by atoms with E-state index < -0.39 is 5.67 Å². The van der Waals surface area contributed by atoms with Crippen LogP contribution in [0.25, 0.3) is 0 Å². The average molecular weight is 179 g/mol. The van der Waals surface area contributed by atoms with Crippen LogP contribution in [0.2, 0.25) is 0 Å². The number of allylic oxidation sites excluding steroid dienone is 1. The molecule has 2 N–H and O–H groups in total. The third kappa shape index (κ3) is 2.16. The Labute approximate surface area is 78.1 Å². The number of alkyl halides is 1. The van der Waals surface area contributed by atoms with Gasteiger partial charge in [-0.2, -0.15) is 0 Å². The molecule has 2 heteroatoms. The second kappa shape index (κ2) is 4.19. The zero-order valence-corrected chi connectivity index (χ0v) is 7.54. The number of nitrogens with two attached hydrogens (primary N) is 1. The molecule has 1 aromatic carbocycles. The van der Waals surface area contributed by atoms with Gasteiger partial charge in [-0.15, -0.1) is 6.58 Å². The summed E-state index contributed by atoms with van der Waals surface area (Å²) >= 11 is 0. The summed E-state index contributed by atoms with van der Waals surface area (Å²) in [5.74, 6) is 0. The lowest BCUT2D eigenvalue weighted by molar-refractivity contribution is 0.179. The van der Waals surface area contributed by atoms with Crippen LogP contribution in [0, 0.1) is 0 Å². The highest BCUT2D eigenvalue weighted by Gasteiger charge is 2.28. The minimum Gasteiger partial charge on any atom is -0.327 e. The summed E-state index contributed by atoms with van der Waals surface area (Å²) in [6.07, 6.45) is 1.81. The van der Waals surface area contributed by atoms with Crippen molar-refractivity contribution in [3.8, 4) is 0 Å². The van der Waals surface area contributed by atoms with Gasteiger partial charge in [-0.25, -0.2) is 4.39 Å². The molecule has 0 spiro atoms. The fourth-order valence-corrected chi connectivity index (χ4v) is 1.28. The topological polar surface area (TPSA) is 26.0 Å². The average Bonchev–Trinajstić information content (AvgIpc) is 2.19. The summed E-state index contributed by atoms with van der Waals surface area (Å²) < 4.78 is 14.1. The van der Waals surface area contributed by atoms with E-state index in [9.17, 15) is 4.39 Å². The third-order valence-electron chi connectivity index (χ3n) is 2.08. The molecule has 1 rings (SSSR count). The first-order chi connectivity index (χ1) is 6.23. The van der Waals surface area contributed by atoms with Crippen LogP contribution >= 0.6 is 0 Å². The van der Waals surface area contributed by atoms with Crippen LogP contribution in [-0.4, -0.2) is 6.54 Å². The van der Waals surface area contributed by atoms with Gasteiger partial charge in [0, 0.05) is 13.0 Å². The van der Waals surface area contributed by atoms with Gasteiger partial charge in [0.15, 0.2) is 5.67 Å². The fraction of sp³-hybridized carbons (Fsp3) is 0.273. The number of hydrogen-bond donors (Lipinski definition) is 1. The predicted molar refractivity (Wildman–Crippen MR) is 53.1 cm³/mol. The summed E-state index contributed by atoms with van der Waals surface area (Å²) in [7, 11) is 0. The molecule has 13 heavy (non-hydrogen) atoms. The Morgan fingerprint density at radius 3 is 2.46 bits per heavy atom. The fourth-order valence-electron chi connectivity index (χ4n) is 1.28. The first-order valence-electron chi connectivity index (χ1n) is 4.28. The van der Waals surface area contributed by atoms with E-state index in [1.807, 2.05) is 18.2 Å². The van der Waals surface area contributed by atoms with Crippen LogP contribution < -0.4 is 5.73 Å². The molecule has 0 aliphatic carbocycles. The second-order valence-electron chi connectivity index (χ2n) is 3.03. The molecule has 0 saturated carbocycles. The van der Waals surface area contributed by atoms with Crippen LogP contribution in [0.1, 0.15) is 12.0 Å². The van der Waals surface area contributed by atoms with Crippen LogP contribution in [-0.2, 0) is 5.67 Å². The lowest BCUT2D eigenvalue weighted by Gasteiger charge is -2.22. The van der Waals surface area contributed by atoms with Gasteiger partial charge in [0.05, 0.1) is 0 Å². The van der Waals surface area contributed by atoms with E-state index in [0.717, 1.165) is 0 Å². The van der Waals surface area contributed by atoms with Crippen molar-refractivity contribution >= 4 is 0 Å². The highest BCUT2D eigenvalue weighted by Crippen LogP contribution is 2.28. The van der Waals surface area contributed by atoms with E-state index in [-0.39, 0.29) is 13.0 Å². The van der Waals surface area contributed by atoms with Gasteiger partial charge in [-0.1, -0.05) is 36.4 Å². The SMILES string of the molecule is C=CCC(F)(CN)c1ccccc1. The maximum Gasteiger partial charge on any atom is 0.151 e. The number of benzene rings is 1. The van der Waals surface area contributed by atoms with Gasteiger partial charge >= 0.3 is 0 Å². The number of halogens is 1. The van der Waals surface area contributed by atoms with Crippen LogP contribution in [0.5, 0.6) is 0 Å². The molecule has 0 heterocycles. The lowest BCUT2D eigenvalue weighted by Crippen LogP contribution is -2.29. The molecule has 0 amide bonds. The van der Waals surface area contributed by atoms with Gasteiger partial charge in [-0.05, 0) is 5.56 Å². The Morgan fingerprint density at radius 2 is 2.00 bits per heavy atom. The van der Waals surface area contributed by atoms with Crippen LogP contribution in [0.15, 0.2) is 43.0 Å². The molecule has 0 aromatic heterocycles. The maximum absolute atomic E-state index is 14.1. The molecule has 1 nitrogen and oxygen atoms in total. The van der Waals surface area contributed by atoms with E-state index >= 15 is 0 Å². The summed E-state index contributed by atoms with van der Waals surface area (Å²) in [5, 5.41) is 0. The zero-order chi connectivity index (χ0) is 9.73. The summed E-state index contributed by atoms with van der Waals surface area (Å²) in [4.78, 5) is 0. The number of hydrogen-bond acceptors (Lipinski definition) is 1. The molecular weight excluding hydrogens is 165 g/mol. The van der Waals surface area contributed by atoms with Crippen LogP contribution in [0.4, 0.5) is 4.39 Å². The van der Waals surface area contributed by atoms with E-state index in [2.05, 4.69) is 6.58 Å². The molecule has 0 fully saturated rings. The number of rotatable bonds is 4. The van der Waals surface area contributed by atoms with Crippen molar-refractivity contribution in [2.24, 2.45) is 5.73 Å². The third-order valence-corrected chi connectivity index (χ3v) is 2.08. The Balaban J connectivity index is 2.95. The van der Waals surface area contributed by atoms with Crippen molar-refractivity contribution in [3.63, 3.8) is 0 Å². The lowest BCUT2D eigenvalue weighted by atomic mass is 9.92. The monoisotopic (exact) mass is 179 g/mol. The molecule has 70 valence electrons. The Hall–Kier alpha value is -1.15. The summed E-state index contributed by atoms with van der Waals surface area (Å²) in [5.41, 5.74) is 4.57. The molecule has 0 bridgehead atoms. The largest absolute Gasteiger partial charge is 0.327 e. The Morgan fingerprint density at radius 1 is 1.38 bits per heavy atom. The zero-order valence-electron chi connectivity index (χ0n) is 7.54. The Bertz CT molecular complexity index is 271. The molecular formula is C11H14FN. The molecule has 0 aliphatic heterocycles. The van der Waals surface area contributed by atoms with Crippen molar-refractivity contribution in [2.45, 2.75) is 12.1 Å². The van der Waals surface area contributed by atoms with Gasteiger partial charge in [0.1, 0.15) is 0 Å². The van der Waals surface area contributed by atoms with Gasteiger partial charge in [0.2, 0.25) is 0 Å². The minimum atomic E-state index is -1.46. The molecule has 1 atom stereocenters. The Kier molecular flexibility index (Phi) is 3.20. The predicted octanol–water partition coefficient (Wildman–Crippen LogP) is 2.39. The van der Waals surface area contributed by atoms with Gasteiger partial charge < -0.3 is 5.73 Å². The van der Waals surface area contributed by atoms with E-state index in [0.29, 0.717) is 5.56 Å². The first-order valence-corrected chi connectivity index (χ1v) is 4.28. The van der Waals surface area contributed by atoms with Crippen LogP contribution in [0.3, 0.4) is 0 Å². The highest BCUT2D eigenvalue weighted by atomic mass is 19.1. The van der Waals surface area contributed by atoms with Crippen molar-refractivity contribution in [2.75, 3.05) is 6.54 Å². The molecule has 0 aliphatic rings.